The van der Waals surface area contributed by atoms with Gasteiger partial charge in [-0.1, -0.05) is 35.9 Å². The average molecular weight is 267 g/mol. The van der Waals surface area contributed by atoms with Crippen molar-refractivity contribution in [1.82, 2.24) is 0 Å². The SMILES string of the molecule is N#Cc1cccc(CC(C#N)c2ccc(Cl)cc2)c1. The molecular formula is C16H11ClN2. The van der Waals surface area contributed by atoms with Gasteiger partial charge in [0.15, 0.2) is 0 Å². The van der Waals surface area contributed by atoms with Crippen LogP contribution in [0.3, 0.4) is 0 Å². The van der Waals surface area contributed by atoms with Crippen LogP contribution in [0.5, 0.6) is 0 Å². The normalized spacial score (nSPS) is 11.3. The molecule has 0 aliphatic heterocycles. The highest BCUT2D eigenvalue weighted by Gasteiger charge is 2.11. The third kappa shape index (κ3) is 3.35. The Morgan fingerprint density at radius 2 is 1.79 bits per heavy atom. The number of rotatable bonds is 3. The fourth-order valence-electron chi connectivity index (χ4n) is 1.94. The minimum atomic E-state index is -0.230. The second-order valence-corrected chi connectivity index (χ2v) is 4.69. The predicted molar refractivity (Wildman–Crippen MR) is 74.7 cm³/mol. The fraction of sp³-hybridized carbons (Fsp3) is 0.125. The molecule has 2 nitrogen and oxygen atoms in total. The molecular weight excluding hydrogens is 256 g/mol. The van der Waals surface area contributed by atoms with Crippen molar-refractivity contribution in [2.45, 2.75) is 12.3 Å². The number of halogens is 1. The molecule has 2 aromatic carbocycles. The zero-order chi connectivity index (χ0) is 13.7. The lowest BCUT2D eigenvalue weighted by molar-refractivity contribution is 0.849. The van der Waals surface area contributed by atoms with Gasteiger partial charge >= 0.3 is 0 Å². The van der Waals surface area contributed by atoms with E-state index in [9.17, 15) is 5.26 Å². The van der Waals surface area contributed by atoms with Crippen molar-refractivity contribution in [2.24, 2.45) is 0 Å². The van der Waals surface area contributed by atoms with Gasteiger partial charge in [0.05, 0.1) is 23.6 Å². The topological polar surface area (TPSA) is 47.6 Å². The van der Waals surface area contributed by atoms with Crippen molar-refractivity contribution < 1.29 is 0 Å². The van der Waals surface area contributed by atoms with Crippen molar-refractivity contribution >= 4 is 11.6 Å². The molecule has 0 saturated heterocycles. The van der Waals surface area contributed by atoms with Crippen LogP contribution in [0.25, 0.3) is 0 Å². The maximum absolute atomic E-state index is 9.29. The lowest BCUT2D eigenvalue weighted by Crippen LogP contribution is -2.00. The second-order valence-electron chi connectivity index (χ2n) is 4.25. The van der Waals surface area contributed by atoms with Crippen molar-refractivity contribution in [1.29, 1.82) is 10.5 Å². The zero-order valence-electron chi connectivity index (χ0n) is 10.2. The Kier molecular flexibility index (Phi) is 4.18. The Bertz CT molecular complexity index is 648. The van der Waals surface area contributed by atoms with E-state index in [-0.39, 0.29) is 5.92 Å². The monoisotopic (exact) mass is 266 g/mol. The summed E-state index contributed by atoms with van der Waals surface area (Å²) in [4.78, 5) is 0. The summed E-state index contributed by atoms with van der Waals surface area (Å²) in [6.07, 6.45) is 0.591. The number of hydrogen-bond donors (Lipinski definition) is 0. The highest BCUT2D eigenvalue weighted by molar-refractivity contribution is 6.30. The van der Waals surface area contributed by atoms with E-state index in [0.717, 1.165) is 11.1 Å². The summed E-state index contributed by atoms with van der Waals surface area (Å²) < 4.78 is 0. The first-order valence-corrected chi connectivity index (χ1v) is 6.25. The van der Waals surface area contributed by atoms with Gasteiger partial charge < -0.3 is 0 Å². The summed E-state index contributed by atoms with van der Waals surface area (Å²) in [6, 6.07) is 19.0. The number of nitriles is 2. The number of benzene rings is 2. The van der Waals surface area contributed by atoms with Gasteiger partial charge in [-0.05, 0) is 41.8 Å². The highest BCUT2D eigenvalue weighted by Crippen LogP contribution is 2.22. The number of hydrogen-bond acceptors (Lipinski definition) is 2. The van der Waals surface area contributed by atoms with Crippen LogP contribution in [0.15, 0.2) is 48.5 Å². The van der Waals surface area contributed by atoms with Crippen LogP contribution in [0, 0.1) is 22.7 Å². The predicted octanol–water partition coefficient (Wildman–Crippen LogP) is 4.06. The molecule has 92 valence electrons. The van der Waals surface area contributed by atoms with Crippen molar-refractivity contribution in [3.8, 4) is 12.1 Å². The third-order valence-electron chi connectivity index (χ3n) is 2.92. The highest BCUT2D eigenvalue weighted by atomic mass is 35.5. The first-order valence-electron chi connectivity index (χ1n) is 5.87. The Morgan fingerprint density at radius 1 is 1.05 bits per heavy atom. The Labute approximate surface area is 117 Å². The van der Waals surface area contributed by atoms with E-state index >= 15 is 0 Å². The van der Waals surface area contributed by atoms with E-state index in [2.05, 4.69) is 12.1 Å². The molecule has 0 radical (unpaired) electrons. The fourth-order valence-corrected chi connectivity index (χ4v) is 2.06. The first-order chi connectivity index (χ1) is 9.22. The van der Waals surface area contributed by atoms with Crippen LogP contribution >= 0.6 is 11.6 Å². The van der Waals surface area contributed by atoms with Crippen LogP contribution in [0.4, 0.5) is 0 Å². The van der Waals surface area contributed by atoms with Gasteiger partial charge in [-0.15, -0.1) is 0 Å². The van der Waals surface area contributed by atoms with Gasteiger partial charge in [0.1, 0.15) is 0 Å². The summed E-state index contributed by atoms with van der Waals surface area (Å²) in [5, 5.41) is 18.8. The van der Waals surface area contributed by atoms with E-state index in [1.807, 2.05) is 30.3 Å². The van der Waals surface area contributed by atoms with Crippen LogP contribution in [-0.2, 0) is 6.42 Å². The van der Waals surface area contributed by atoms with E-state index in [1.54, 1.807) is 18.2 Å². The Hall–Kier alpha value is -2.29. The maximum Gasteiger partial charge on any atom is 0.0991 e. The molecule has 1 unspecified atom stereocenters. The van der Waals surface area contributed by atoms with Gasteiger partial charge in [0, 0.05) is 5.02 Å². The Balaban J connectivity index is 2.22. The van der Waals surface area contributed by atoms with Crippen molar-refractivity contribution in [3.05, 3.63) is 70.2 Å². The summed E-state index contributed by atoms with van der Waals surface area (Å²) in [7, 11) is 0. The number of nitrogens with zero attached hydrogens (tertiary/aromatic N) is 2. The quantitative estimate of drug-likeness (QED) is 0.841. The Morgan fingerprint density at radius 3 is 2.42 bits per heavy atom. The van der Waals surface area contributed by atoms with Gasteiger partial charge in [0.2, 0.25) is 0 Å². The minimum absolute atomic E-state index is 0.230. The van der Waals surface area contributed by atoms with Gasteiger partial charge in [-0.25, -0.2) is 0 Å². The smallest absolute Gasteiger partial charge is 0.0991 e. The standard InChI is InChI=1S/C16H11ClN2/c17-16-6-4-14(5-7-16)15(11-19)9-12-2-1-3-13(8-12)10-18/h1-8,15H,9H2. The van der Waals surface area contributed by atoms with E-state index in [0.29, 0.717) is 17.0 Å². The molecule has 1 atom stereocenters. The van der Waals surface area contributed by atoms with Crippen molar-refractivity contribution in [3.63, 3.8) is 0 Å². The first kappa shape index (κ1) is 13.1. The zero-order valence-corrected chi connectivity index (χ0v) is 10.9. The summed E-state index contributed by atoms with van der Waals surface area (Å²) in [6.45, 7) is 0. The molecule has 3 heteroatoms. The lowest BCUT2D eigenvalue weighted by Gasteiger charge is -2.09. The van der Waals surface area contributed by atoms with Crippen LogP contribution in [-0.4, -0.2) is 0 Å². The van der Waals surface area contributed by atoms with Crippen LogP contribution in [0.2, 0.25) is 5.02 Å². The summed E-state index contributed by atoms with van der Waals surface area (Å²) in [5.41, 5.74) is 2.54. The van der Waals surface area contributed by atoms with E-state index in [1.165, 1.54) is 0 Å². The largest absolute Gasteiger partial charge is 0.198 e. The van der Waals surface area contributed by atoms with E-state index < -0.39 is 0 Å². The molecule has 2 rings (SSSR count). The second kappa shape index (κ2) is 6.05. The molecule has 0 heterocycles. The molecule has 0 saturated carbocycles. The molecule has 2 aromatic rings. The minimum Gasteiger partial charge on any atom is -0.198 e. The molecule has 0 aromatic heterocycles. The summed E-state index contributed by atoms with van der Waals surface area (Å²) in [5.74, 6) is -0.230. The molecule has 0 aliphatic rings. The molecule has 0 amide bonds. The molecule has 0 N–H and O–H groups in total. The molecule has 0 spiro atoms. The van der Waals surface area contributed by atoms with Crippen molar-refractivity contribution in [2.75, 3.05) is 0 Å². The van der Waals surface area contributed by atoms with Gasteiger partial charge in [0.25, 0.3) is 0 Å². The summed E-state index contributed by atoms with van der Waals surface area (Å²) >= 11 is 5.84. The third-order valence-corrected chi connectivity index (χ3v) is 3.18. The van der Waals surface area contributed by atoms with Gasteiger partial charge in [-0.2, -0.15) is 10.5 Å². The molecule has 0 bridgehead atoms. The molecule has 0 aliphatic carbocycles. The average Bonchev–Trinajstić information content (AvgIpc) is 2.46. The van der Waals surface area contributed by atoms with Gasteiger partial charge in [-0.3, -0.25) is 0 Å². The van der Waals surface area contributed by atoms with Crippen LogP contribution < -0.4 is 0 Å². The molecule has 0 fully saturated rings. The molecule has 19 heavy (non-hydrogen) atoms. The van der Waals surface area contributed by atoms with Crippen LogP contribution in [0.1, 0.15) is 22.6 Å². The maximum atomic E-state index is 9.29. The van der Waals surface area contributed by atoms with E-state index in [4.69, 9.17) is 16.9 Å². The lowest BCUT2D eigenvalue weighted by atomic mass is 9.93.